The van der Waals surface area contributed by atoms with Crippen LogP contribution in [-0.2, 0) is 4.79 Å². The fourth-order valence-electron chi connectivity index (χ4n) is 4.95. The minimum Gasteiger partial charge on any atom is -0.497 e. The van der Waals surface area contributed by atoms with Crippen LogP contribution in [0.15, 0.2) is 48.5 Å². The van der Waals surface area contributed by atoms with Gasteiger partial charge >= 0.3 is 0 Å². The summed E-state index contributed by atoms with van der Waals surface area (Å²) in [5.41, 5.74) is 1.22. The van der Waals surface area contributed by atoms with Gasteiger partial charge in [0.1, 0.15) is 12.4 Å². The molecule has 0 radical (unpaired) electrons. The zero-order valence-corrected chi connectivity index (χ0v) is 18.6. The number of nitrogens with zero attached hydrogens (tertiary/aromatic N) is 3. The third-order valence-corrected chi connectivity index (χ3v) is 6.81. The summed E-state index contributed by atoms with van der Waals surface area (Å²) in [6.07, 6.45) is 1.47. The summed E-state index contributed by atoms with van der Waals surface area (Å²) in [4.78, 5) is 20.0. The Morgan fingerprint density at radius 3 is 2.44 bits per heavy atom. The van der Waals surface area contributed by atoms with Crippen LogP contribution in [0.1, 0.15) is 12.8 Å². The van der Waals surface area contributed by atoms with Crippen LogP contribution in [0.5, 0.6) is 17.2 Å². The molecule has 0 unspecified atom stereocenters. The summed E-state index contributed by atoms with van der Waals surface area (Å²) < 4.78 is 17.0. The number of piperazine rings is 1. The van der Waals surface area contributed by atoms with Crippen molar-refractivity contribution in [3.63, 3.8) is 0 Å². The average Bonchev–Trinajstić information content (AvgIpc) is 2.88. The third-order valence-electron chi connectivity index (χ3n) is 6.81. The van der Waals surface area contributed by atoms with Crippen molar-refractivity contribution in [1.29, 1.82) is 0 Å². The van der Waals surface area contributed by atoms with Crippen molar-refractivity contribution in [3.05, 3.63) is 48.5 Å². The molecule has 0 aromatic heterocycles. The Morgan fingerprint density at radius 1 is 0.938 bits per heavy atom. The first kappa shape index (κ1) is 20.9. The highest BCUT2D eigenvalue weighted by Gasteiger charge is 2.34. The standard InChI is InChI=1S/C25H31N3O4/c1-30-21-6-4-5-20(17-21)27-15-13-26(14-16-27)19-9-11-28(12-10-19)25(29)24-18-31-22-7-2-3-8-23(22)32-24/h2-8,17,19,24H,9-16,18H2,1H3/t24-/m0/s1. The number of carbonyl (C=O) groups excluding carboxylic acids is 1. The van der Waals surface area contributed by atoms with E-state index in [1.807, 2.05) is 41.3 Å². The van der Waals surface area contributed by atoms with Gasteiger partial charge in [-0.25, -0.2) is 0 Å². The molecule has 3 heterocycles. The molecular weight excluding hydrogens is 406 g/mol. The van der Waals surface area contributed by atoms with Gasteiger partial charge in [0, 0.05) is 57.1 Å². The maximum atomic E-state index is 13.0. The molecule has 170 valence electrons. The first-order valence-electron chi connectivity index (χ1n) is 11.5. The van der Waals surface area contributed by atoms with Gasteiger partial charge in [-0.3, -0.25) is 9.69 Å². The van der Waals surface area contributed by atoms with E-state index in [0.717, 1.165) is 57.9 Å². The van der Waals surface area contributed by atoms with Crippen molar-refractivity contribution >= 4 is 11.6 Å². The number of hydrogen-bond donors (Lipinski definition) is 0. The Balaban J connectivity index is 1.10. The molecule has 2 saturated heterocycles. The molecule has 32 heavy (non-hydrogen) atoms. The third kappa shape index (κ3) is 4.35. The molecular formula is C25H31N3O4. The maximum Gasteiger partial charge on any atom is 0.267 e. The monoisotopic (exact) mass is 437 g/mol. The molecule has 1 amide bonds. The smallest absolute Gasteiger partial charge is 0.267 e. The van der Waals surface area contributed by atoms with E-state index in [2.05, 4.69) is 21.9 Å². The number of ether oxygens (including phenoxy) is 3. The normalized spacial score (nSPS) is 22.0. The fourth-order valence-corrected chi connectivity index (χ4v) is 4.95. The van der Waals surface area contributed by atoms with Crippen LogP contribution >= 0.6 is 0 Å². The van der Waals surface area contributed by atoms with Crippen molar-refractivity contribution in [1.82, 2.24) is 9.80 Å². The van der Waals surface area contributed by atoms with Crippen LogP contribution < -0.4 is 19.1 Å². The summed E-state index contributed by atoms with van der Waals surface area (Å²) in [5, 5.41) is 0. The Labute approximate surface area is 189 Å². The van der Waals surface area contributed by atoms with E-state index < -0.39 is 6.10 Å². The zero-order chi connectivity index (χ0) is 21.9. The van der Waals surface area contributed by atoms with E-state index in [-0.39, 0.29) is 12.5 Å². The fraction of sp³-hybridized carbons (Fsp3) is 0.480. The number of carbonyl (C=O) groups is 1. The summed E-state index contributed by atoms with van der Waals surface area (Å²) >= 11 is 0. The number of methoxy groups -OCH3 is 1. The van der Waals surface area contributed by atoms with Crippen LogP contribution in [0.25, 0.3) is 0 Å². The summed E-state index contributed by atoms with van der Waals surface area (Å²) in [6, 6.07) is 16.4. The van der Waals surface area contributed by atoms with E-state index in [0.29, 0.717) is 17.5 Å². The largest absolute Gasteiger partial charge is 0.497 e. The first-order chi connectivity index (χ1) is 15.7. The summed E-state index contributed by atoms with van der Waals surface area (Å²) in [7, 11) is 1.71. The number of para-hydroxylation sites is 2. The molecule has 2 aromatic rings. The lowest BCUT2D eigenvalue weighted by molar-refractivity contribution is -0.142. The lowest BCUT2D eigenvalue weighted by Crippen LogP contribution is -2.55. The average molecular weight is 438 g/mol. The summed E-state index contributed by atoms with van der Waals surface area (Å²) in [5.74, 6) is 2.31. The molecule has 0 N–H and O–H groups in total. The molecule has 7 nitrogen and oxygen atoms in total. The Bertz CT molecular complexity index is 936. The second-order valence-corrected chi connectivity index (χ2v) is 8.65. The second-order valence-electron chi connectivity index (χ2n) is 8.65. The van der Waals surface area contributed by atoms with Crippen molar-refractivity contribution in [3.8, 4) is 17.2 Å². The highest BCUT2D eigenvalue weighted by molar-refractivity contribution is 5.82. The minimum absolute atomic E-state index is 0.0424. The number of rotatable bonds is 4. The molecule has 5 rings (SSSR count). The number of likely N-dealkylation sites (tertiary alicyclic amines) is 1. The van der Waals surface area contributed by atoms with Crippen molar-refractivity contribution in [2.45, 2.75) is 25.0 Å². The van der Waals surface area contributed by atoms with E-state index >= 15 is 0 Å². The molecule has 3 aliphatic heterocycles. The van der Waals surface area contributed by atoms with Gasteiger partial charge in [-0.05, 0) is 37.1 Å². The molecule has 0 spiro atoms. The maximum absolute atomic E-state index is 13.0. The van der Waals surface area contributed by atoms with E-state index in [4.69, 9.17) is 14.2 Å². The lowest BCUT2D eigenvalue weighted by atomic mass is 10.0. The Morgan fingerprint density at radius 2 is 1.69 bits per heavy atom. The van der Waals surface area contributed by atoms with Crippen LogP contribution in [0, 0.1) is 0 Å². The van der Waals surface area contributed by atoms with Gasteiger partial charge in [-0.2, -0.15) is 0 Å². The lowest BCUT2D eigenvalue weighted by Gasteiger charge is -2.43. The van der Waals surface area contributed by atoms with Crippen LogP contribution in [0.4, 0.5) is 5.69 Å². The highest BCUT2D eigenvalue weighted by atomic mass is 16.6. The Kier molecular flexibility index (Phi) is 6.08. The van der Waals surface area contributed by atoms with Gasteiger partial charge in [0.25, 0.3) is 5.91 Å². The number of fused-ring (bicyclic) bond motifs is 1. The topological polar surface area (TPSA) is 54.5 Å². The molecule has 7 heteroatoms. The second kappa shape index (κ2) is 9.28. The minimum atomic E-state index is -0.548. The van der Waals surface area contributed by atoms with Crippen molar-refractivity contribution in [2.24, 2.45) is 0 Å². The van der Waals surface area contributed by atoms with Gasteiger partial charge in [-0.1, -0.05) is 18.2 Å². The molecule has 2 fully saturated rings. The quantitative estimate of drug-likeness (QED) is 0.733. The van der Waals surface area contributed by atoms with Gasteiger partial charge in [0.05, 0.1) is 7.11 Å². The Hall–Kier alpha value is -2.93. The highest BCUT2D eigenvalue weighted by Crippen LogP contribution is 2.32. The van der Waals surface area contributed by atoms with Gasteiger partial charge in [0.15, 0.2) is 11.5 Å². The number of piperidine rings is 1. The zero-order valence-electron chi connectivity index (χ0n) is 18.6. The molecule has 0 aliphatic carbocycles. The predicted octanol–water partition coefficient (Wildman–Crippen LogP) is 2.65. The van der Waals surface area contributed by atoms with Gasteiger partial charge in [-0.15, -0.1) is 0 Å². The van der Waals surface area contributed by atoms with Crippen molar-refractivity contribution in [2.75, 3.05) is 57.9 Å². The summed E-state index contributed by atoms with van der Waals surface area (Å²) in [6.45, 7) is 5.96. The molecule has 1 atom stereocenters. The predicted molar refractivity (Wildman–Crippen MR) is 123 cm³/mol. The van der Waals surface area contributed by atoms with Crippen LogP contribution in [-0.4, -0.2) is 80.8 Å². The van der Waals surface area contributed by atoms with E-state index in [1.165, 1.54) is 5.69 Å². The first-order valence-corrected chi connectivity index (χ1v) is 11.5. The van der Waals surface area contributed by atoms with E-state index in [1.54, 1.807) is 7.11 Å². The number of benzene rings is 2. The SMILES string of the molecule is COc1cccc(N2CCN(C3CCN(C(=O)[C@@H]4COc5ccccc5O4)CC3)CC2)c1. The molecule has 2 aromatic carbocycles. The number of anilines is 1. The molecule has 0 bridgehead atoms. The van der Waals surface area contributed by atoms with E-state index in [9.17, 15) is 4.79 Å². The van der Waals surface area contributed by atoms with Gasteiger partial charge < -0.3 is 24.0 Å². The van der Waals surface area contributed by atoms with Crippen LogP contribution in [0.3, 0.4) is 0 Å². The van der Waals surface area contributed by atoms with Crippen molar-refractivity contribution < 1.29 is 19.0 Å². The van der Waals surface area contributed by atoms with Crippen LogP contribution in [0.2, 0.25) is 0 Å². The number of hydrogen-bond acceptors (Lipinski definition) is 6. The molecule has 0 saturated carbocycles. The van der Waals surface area contributed by atoms with Gasteiger partial charge in [0.2, 0.25) is 6.10 Å². The number of amides is 1. The molecule has 3 aliphatic rings.